The quantitative estimate of drug-likeness (QED) is 0.753. The monoisotopic (exact) mass is 363 g/mol. The molecule has 0 unspecified atom stereocenters. The highest BCUT2D eigenvalue weighted by Crippen LogP contribution is 2.33. The maximum absolute atomic E-state index is 6.51. The van der Waals surface area contributed by atoms with Crippen LogP contribution in [0.15, 0.2) is 48.5 Å². The summed E-state index contributed by atoms with van der Waals surface area (Å²) in [5.41, 5.74) is 10.2. The Bertz CT molecular complexity index is 919. The molecule has 1 saturated heterocycles. The van der Waals surface area contributed by atoms with E-state index in [0.717, 1.165) is 78.4 Å². The van der Waals surface area contributed by atoms with Gasteiger partial charge in [0.2, 0.25) is 0 Å². The first-order valence-corrected chi connectivity index (χ1v) is 9.38. The molecule has 0 saturated carbocycles. The minimum atomic E-state index is 0.728. The number of nitrogens with zero attached hydrogens (tertiary/aromatic N) is 2. The van der Waals surface area contributed by atoms with Crippen molar-refractivity contribution in [3.05, 3.63) is 54.2 Å². The summed E-state index contributed by atoms with van der Waals surface area (Å²) in [4.78, 5) is 7.42. The molecule has 5 nitrogen and oxygen atoms in total. The SMILES string of the molecule is COc1ccc(-c2nc(CCN3CCOCC3)c3ccccc3c2N)cc1. The number of nitrogens with two attached hydrogens (primary N) is 1. The number of benzene rings is 2. The molecule has 1 aliphatic rings. The van der Waals surface area contributed by atoms with Crippen LogP contribution in [0.2, 0.25) is 0 Å². The van der Waals surface area contributed by atoms with E-state index < -0.39 is 0 Å². The molecule has 0 atom stereocenters. The lowest BCUT2D eigenvalue weighted by Gasteiger charge is -2.26. The third kappa shape index (κ3) is 3.75. The zero-order valence-corrected chi connectivity index (χ0v) is 15.6. The molecule has 0 amide bonds. The van der Waals surface area contributed by atoms with E-state index in [4.69, 9.17) is 20.2 Å². The van der Waals surface area contributed by atoms with Crippen molar-refractivity contribution in [2.24, 2.45) is 0 Å². The highest BCUT2D eigenvalue weighted by Gasteiger charge is 2.15. The average Bonchev–Trinajstić information content (AvgIpc) is 2.74. The van der Waals surface area contributed by atoms with Crippen LogP contribution in [0.5, 0.6) is 5.75 Å². The van der Waals surface area contributed by atoms with Gasteiger partial charge >= 0.3 is 0 Å². The number of methoxy groups -OCH3 is 1. The second kappa shape index (κ2) is 7.94. The van der Waals surface area contributed by atoms with E-state index in [1.54, 1.807) is 7.11 Å². The fourth-order valence-electron chi connectivity index (χ4n) is 3.60. The van der Waals surface area contributed by atoms with Gasteiger partial charge in [0, 0.05) is 42.4 Å². The van der Waals surface area contributed by atoms with Crippen LogP contribution in [0.1, 0.15) is 5.69 Å². The number of rotatable bonds is 5. The molecule has 0 bridgehead atoms. The molecule has 2 heterocycles. The number of nitrogen functional groups attached to an aromatic ring is 1. The van der Waals surface area contributed by atoms with Gasteiger partial charge in [0.15, 0.2) is 0 Å². The molecule has 2 aromatic carbocycles. The zero-order chi connectivity index (χ0) is 18.6. The summed E-state index contributed by atoms with van der Waals surface area (Å²) in [6.07, 6.45) is 0.893. The minimum absolute atomic E-state index is 0.728. The molecule has 1 fully saturated rings. The number of aromatic nitrogens is 1. The van der Waals surface area contributed by atoms with Crippen LogP contribution in [-0.4, -0.2) is 49.8 Å². The summed E-state index contributed by atoms with van der Waals surface area (Å²) in [6.45, 7) is 4.57. The molecule has 1 aliphatic heterocycles. The number of pyridine rings is 1. The Morgan fingerprint density at radius 3 is 2.44 bits per heavy atom. The van der Waals surface area contributed by atoms with Crippen LogP contribution in [0.4, 0.5) is 5.69 Å². The second-order valence-corrected chi connectivity index (χ2v) is 6.80. The lowest BCUT2D eigenvalue weighted by molar-refractivity contribution is 0.0384. The number of fused-ring (bicyclic) bond motifs is 1. The average molecular weight is 363 g/mol. The van der Waals surface area contributed by atoms with E-state index in [9.17, 15) is 0 Å². The molecule has 140 valence electrons. The summed E-state index contributed by atoms with van der Waals surface area (Å²) in [7, 11) is 1.67. The summed E-state index contributed by atoms with van der Waals surface area (Å²) in [5, 5.41) is 2.20. The van der Waals surface area contributed by atoms with Crippen LogP contribution < -0.4 is 10.5 Å². The molecule has 5 heteroatoms. The third-order valence-corrected chi connectivity index (χ3v) is 5.16. The van der Waals surface area contributed by atoms with Crippen LogP contribution >= 0.6 is 0 Å². The van der Waals surface area contributed by atoms with Crippen molar-refractivity contribution < 1.29 is 9.47 Å². The maximum atomic E-state index is 6.51. The molecule has 4 rings (SSSR count). The Labute approximate surface area is 159 Å². The lowest BCUT2D eigenvalue weighted by Crippen LogP contribution is -2.37. The van der Waals surface area contributed by atoms with Crippen molar-refractivity contribution in [3.8, 4) is 17.0 Å². The standard InChI is InChI=1S/C22H25N3O2/c1-26-17-8-6-16(7-9-17)22-21(23)19-5-3-2-4-18(19)20(24-22)10-11-25-12-14-27-15-13-25/h2-9H,10-15,23H2,1H3. The number of morpholine rings is 1. The Morgan fingerprint density at radius 2 is 1.74 bits per heavy atom. The summed E-state index contributed by atoms with van der Waals surface area (Å²) in [6, 6.07) is 16.2. The Hall–Kier alpha value is -2.63. The van der Waals surface area contributed by atoms with Crippen LogP contribution in [-0.2, 0) is 11.2 Å². The molecule has 0 radical (unpaired) electrons. The van der Waals surface area contributed by atoms with Gasteiger partial charge in [-0.2, -0.15) is 0 Å². The molecular weight excluding hydrogens is 338 g/mol. The van der Waals surface area contributed by atoms with E-state index in [-0.39, 0.29) is 0 Å². The smallest absolute Gasteiger partial charge is 0.118 e. The van der Waals surface area contributed by atoms with Gasteiger partial charge in [0.05, 0.1) is 37.4 Å². The van der Waals surface area contributed by atoms with Crippen molar-refractivity contribution in [1.82, 2.24) is 9.88 Å². The molecular formula is C22H25N3O2. The molecule has 0 spiro atoms. The summed E-state index contributed by atoms with van der Waals surface area (Å²) >= 11 is 0. The van der Waals surface area contributed by atoms with Crippen molar-refractivity contribution in [1.29, 1.82) is 0 Å². The fourth-order valence-corrected chi connectivity index (χ4v) is 3.60. The van der Waals surface area contributed by atoms with Crippen molar-refractivity contribution in [2.45, 2.75) is 6.42 Å². The lowest BCUT2D eigenvalue weighted by atomic mass is 10.0. The van der Waals surface area contributed by atoms with Gasteiger partial charge in [0.25, 0.3) is 0 Å². The first kappa shape index (κ1) is 17.8. The minimum Gasteiger partial charge on any atom is -0.497 e. The van der Waals surface area contributed by atoms with E-state index in [1.165, 1.54) is 0 Å². The molecule has 27 heavy (non-hydrogen) atoms. The Kier molecular flexibility index (Phi) is 5.23. The second-order valence-electron chi connectivity index (χ2n) is 6.80. The number of hydrogen-bond donors (Lipinski definition) is 1. The Morgan fingerprint density at radius 1 is 1.04 bits per heavy atom. The van der Waals surface area contributed by atoms with E-state index >= 15 is 0 Å². The van der Waals surface area contributed by atoms with E-state index in [1.807, 2.05) is 30.3 Å². The zero-order valence-electron chi connectivity index (χ0n) is 15.6. The van der Waals surface area contributed by atoms with Crippen molar-refractivity contribution in [2.75, 3.05) is 45.7 Å². The Balaban J connectivity index is 1.71. The van der Waals surface area contributed by atoms with Crippen molar-refractivity contribution in [3.63, 3.8) is 0 Å². The van der Waals surface area contributed by atoms with Crippen LogP contribution in [0, 0.1) is 0 Å². The van der Waals surface area contributed by atoms with Crippen LogP contribution in [0.25, 0.3) is 22.0 Å². The third-order valence-electron chi connectivity index (χ3n) is 5.16. The molecule has 3 aromatic rings. The predicted molar refractivity (Wildman–Crippen MR) is 109 cm³/mol. The fraction of sp³-hybridized carbons (Fsp3) is 0.318. The predicted octanol–water partition coefficient (Wildman–Crippen LogP) is 3.37. The normalized spacial score (nSPS) is 15.1. The number of anilines is 1. The van der Waals surface area contributed by atoms with E-state index in [0.29, 0.717) is 0 Å². The van der Waals surface area contributed by atoms with Gasteiger partial charge in [0.1, 0.15) is 5.75 Å². The largest absolute Gasteiger partial charge is 0.497 e. The van der Waals surface area contributed by atoms with Gasteiger partial charge in [-0.15, -0.1) is 0 Å². The van der Waals surface area contributed by atoms with Gasteiger partial charge < -0.3 is 15.2 Å². The summed E-state index contributed by atoms with van der Waals surface area (Å²) in [5.74, 6) is 0.825. The van der Waals surface area contributed by atoms with E-state index in [2.05, 4.69) is 23.1 Å². The molecule has 2 N–H and O–H groups in total. The molecule has 0 aliphatic carbocycles. The first-order chi connectivity index (χ1) is 13.3. The first-order valence-electron chi connectivity index (χ1n) is 9.38. The van der Waals surface area contributed by atoms with Gasteiger partial charge in [-0.05, 0) is 24.3 Å². The van der Waals surface area contributed by atoms with Crippen molar-refractivity contribution >= 4 is 16.5 Å². The highest BCUT2D eigenvalue weighted by atomic mass is 16.5. The van der Waals surface area contributed by atoms with Gasteiger partial charge in [-0.1, -0.05) is 24.3 Å². The number of hydrogen-bond acceptors (Lipinski definition) is 5. The number of ether oxygens (including phenoxy) is 2. The highest BCUT2D eigenvalue weighted by molar-refractivity contribution is 6.00. The summed E-state index contributed by atoms with van der Waals surface area (Å²) < 4.78 is 10.7. The topological polar surface area (TPSA) is 60.6 Å². The maximum Gasteiger partial charge on any atom is 0.118 e. The van der Waals surface area contributed by atoms with Gasteiger partial charge in [-0.25, -0.2) is 4.98 Å². The van der Waals surface area contributed by atoms with Crippen LogP contribution in [0.3, 0.4) is 0 Å². The molecule has 1 aromatic heterocycles. The van der Waals surface area contributed by atoms with Gasteiger partial charge in [-0.3, -0.25) is 4.90 Å².